The number of rotatable bonds is 7. The highest BCUT2D eigenvalue weighted by Gasteiger charge is 2.15. The van der Waals surface area contributed by atoms with Gasteiger partial charge >= 0.3 is 0 Å². The molecule has 0 bridgehead atoms. The summed E-state index contributed by atoms with van der Waals surface area (Å²) in [4.78, 5) is 0. The Bertz CT molecular complexity index is 544. The van der Waals surface area contributed by atoms with Crippen LogP contribution in [0, 0.1) is 0 Å². The fraction of sp³-hybridized carbons (Fsp3) is 0.333. The lowest BCUT2D eigenvalue weighted by Gasteiger charge is -2.24. The van der Waals surface area contributed by atoms with Gasteiger partial charge in [0.15, 0.2) is 0 Å². The topological polar surface area (TPSA) is 32.3 Å². The van der Waals surface area contributed by atoms with Crippen LogP contribution in [0.5, 0.6) is 0 Å². The molecule has 0 spiro atoms. The normalized spacial score (nSPS) is 13.9. The maximum absolute atomic E-state index is 9.12. The minimum atomic E-state index is 0.232. The van der Waals surface area contributed by atoms with Crippen LogP contribution in [0.1, 0.15) is 43.0 Å². The predicted octanol–water partition coefficient (Wildman–Crippen LogP) is 4.61. The second-order valence-corrected chi connectivity index (χ2v) is 6.19. The highest BCUT2D eigenvalue weighted by Crippen LogP contribution is 2.24. The Morgan fingerprint density at radius 1 is 1.05 bits per heavy atom. The Morgan fingerprint density at radius 2 is 1.76 bits per heavy atom. The quantitative estimate of drug-likeness (QED) is 0.766. The van der Waals surface area contributed by atoms with E-state index in [0.29, 0.717) is 0 Å². The highest BCUT2D eigenvalue weighted by molar-refractivity contribution is 9.10. The van der Waals surface area contributed by atoms with Gasteiger partial charge in [-0.1, -0.05) is 58.4 Å². The molecule has 2 aromatic carbocycles. The zero-order chi connectivity index (χ0) is 15.1. The molecule has 21 heavy (non-hydrogen) atoms. The Labute approximate surface area is 135 Å². The van der Waals surface area contributed by atoms with Gasteiger partial charge in [0.05, 0.1) is 0 Å². The lowest BCUT2D eigenvalue weighted by atomic mass is 9.99. The third kappa shape index (κ3) is 4.95. The van der Waals surface area contributed by atoms with E-state index < -0.39 is 0 Å². The SMILES string of the molecule is CC(NC(CCCO)c1ccccc1)c1cccc(Br)c1. The van der Waals surface area contributed by atoms with Crippen molar-refractivity contribution in [1.29, 1.82) is 0 Å². The lowest BCUT2D eigenvalue weighted by Crippen LogP contribution is -2.25. The van der Waals surface area contributed by atoms with Gasteiger partial charge in [-0.15, -0.1) is 0 Å². The summed E-state index contributed by atoms with van der Waals surface area (Å²) in [7, 11) is 0. The molecule has 0 heterocycles. The predicted molar refractivity (Wildman–Crippen MR) is 91.2 cm³/mol. The van der Waals surface area contributed by atoms with Gasteiger partial charge in [-0.2, -0.15) is 0 Å². The Balaban J connectivity index is 2.11. The number of benzene rings is 2. The molecule has 3 heteroatoms. The van der Waals surface area contributed by atoms with Gasteiger partial charge in [-0.3, -0.25) is 0 Å². The largest absolute Gasteiger partial charge is 0.396 e. The van der Waals surface area contributed by atoms with Crippen molar-refractivity contribution in [1.82, 2.24) is 5.32 Å². The highest BCUT2D eigenvalue weighted by atomic mass is 79.9. The molecule has 112 valence electrons. The third-order valence-corrected chi connectivity index (χ3v) is 4.15. The monoisotopic (exact) mass is 347 g/mol. The zero-order valence-electron chi connectivity index (χ0n) is 12.3. The van der Waals surface area contributed by atoms with E-state index in [1.807, 2.05) is 12.1 Å². The first-order chi connectivity index (χ1) is 10.2. The molecular weight excluding hydrogens is 326 g/mol. The number of aliphatic hydroxyl groups is 1. The Hall–Kier alpha value is -1.16. The van der Waals surface area contributed by atoms with Crippen LogP contribution in [-0.2, 0) is 0 Å². The molecule has 0 radical (unpaired) electrons. The van der Waals surface area contributed by atoms with Crippen molar-refractivity contribution >= 4 is 15.9 Å². The number of halogens is 1. The van der Waals surface area contributed by atoms with E-state index in [1.54, 1.807) is 0 Å². The molecule has 0 amide bonds. The van der Waals surface area contributed by atoms with Crippen LogP contribution in [0.4, 0.5) is 0 Å². The summed E-state index contributed by atoms with van der Waals surface area (Å²) in [6.07, 6.45) is 1.73. The maximum atomic E-state index is 9.12. The Kier molecular flexibility index (Phi) is 6.43. The summed E-state index contributed by atoms with van der Waals surface area (Å²) in [6.45, 7) is 2.41. The minimum absolute atomic E-state index is 0.232. The first-order valence-corrected chi connectivity index (χ1v) is 8.17. The second kappa shape index (κ2) is 8.32. The van der Waals surface area contributed by atoms with E-state index in [-0.39, 0.29) is 18.7 Å². The number of hydrogen-bond acceptors (Lipinski definition) is 2. The third-order valence-electron chi connectivity index (χ3n) is 3.65. The summed E-state index contributed by atoms with van der Waals surface area (Å²) < 4.78 is 1.10. The van der Waals surface area contributed by atoms with Gasteiger partial charge < -0.3 is 10.4 Å². The standard InChI is InChI=1S/C18H22BrNO/c1-14(16-9-5-10-17(19)13-16)20-18(11-6-12-21)15-7-3-2-4-8-15/h2-5,7-10,13-14,18,20-21H,6,11-12H2,1H3. The zero-order valence-corrected chi connectivity index (χ0v) is 13.9. The van der Waals surface area contributed by atoms with E-state index in [4.69, 9.17) is 5.11 Å². The molecule has 2 N–H and O–H groups in total. The second-order valence-electron chi connectivity index (χ2n) is 5.27. The molecule has 0 aliphatic rings. The lowest BCUT2D eigenvalue weighted by molar-refractivity contribution is 0.272. The van der Waals surface area contributed by atoms with Crippen LogP contribution in [0.15, 0.2) is 59.1 Å². The van der Waals surface area contributed by atoms with Crippen LogP contribution >= 0.6 is 15.9 Å². The fourth-order valence-electron chi connectivity index (χ4n) is 2.50. The number of nitrogens with one attached hydrogen (secondary N) is 1. The van der Waals surface area contributed by atoms with Crippen LogP contribution in [0.25, 0.3) is 0 Å². The van der Waals surface area contributed by atoms with Crippen LogP contribution in [0.2, 0.25) is 0 Å². The van der Waals surface area contributed by atoms with E-state index in [0.717, 1.165) is 17.3 Å². The Morgan fingerprint density at radius 3 is 2.43 bits per heavy atom. The molecule has 0 fully saturated rings. The fourth-order valence-corrected chi connectivity index (χ4v) is 2.92. The number of aliphatic hydroxyl groups excluding tert-OH is 1. The molecule has 2 atom stereocenters. The first-order valence-electron chi connectivity index (χ1n) is 7.38. The smallest absolute Gasteiger partial charge is 0.0431 e. The van der Waals surface area contributed by atoms with Gasteiger partial charge in [0.2, 0.25) is 0 Å². The molecule has 0 saturated heterocycles. The molecule has 2 rings (SSSR count). The molecule has 0 aromatic heterocycles. The van der Waals surface area contributed by atoms with Crippen molar-refractivity contribution in [3.63, 3.8) is 0 Å². The summed E-state index contributed by atoms with van der Waals surface area (Å²) in [6, 6.07) is 19.3. The molecule has 0 saturated carbocycles. The first kappa shape index (κ1) is 16.2. The van der Waals surface area contributed by atoms with Gasteiger partial charge in [-0.25, -0.2) is 0 Å². The summed E-state index contributed by atoms with van der Waals surface area (Å²) >= 11 is 3.52. The molecule has 2 unspecified atom stereocenters. The van der Waals surface area contributed by atoms with Crippen LogP contribution in [-0.4, -0.2) is 11.7 Å². The number of hydrogen-bond donors (Lipinski definition) is 2. The van der Waals surface area contributed by atoms with Gasteiger partial charge in [0.25, 0.3) is 0 Å². The van der Waals surface area contributed by atoms with Gasteiger partial charge in [0.1, 0.15) is 0 Å². The average Bonchev–Trinajstić information content (AvgIpc) is 2.52. The average molecular weight is 348 g/mol. The van der Waals surface area contributed by atoms with E-state index >= 15 is 0 Å². The minimum Gasteiger partial charge on any atom is -0.396 e. The summed E-state index contributed by atoms with van der Waals surface area (Å²) in [5, 5.41) is 12.8. The van der Waals surface area contributed by atoms with Crippen molar-refractivity contribution in [3.8, 4) is 0 Å². The molecule has 2 nitrogen and oxygen atoms in total. The maximum Gasteiger partial charge on any atom is 0.0431 e. The van der Waals surface area contributed by atoms with E-state index in [1.165, 1.54) is 11.1 Å². The van der Waals surface area contributed by atoms with Crippen molar-refractivity contribution < 1.29 is 5.11 Å². The molecule has 0 aliphatic heterocycles. The van der Waals surface area contributed by atoms with Gasteiger partial charge in [0, 0.05) is 23.2 Å². The van der Waals surface area contributed by atoms with Crippen molar-refractivity contribution in [2.75, 3.05) is 6.61 Å². The molecular formula is C18H22BrNO. The van der Waals surface area contributed by atoms with Crippen LogP contribution < -0.4 is 5.32 Å². The summed E-state index contributed by atoms with van der Waals surface area (Å²) in [5.41, 5.74) is 2.53. The van der Waals surface area contributed by atoms with Gasteiger partial charge in [-0.05, 0) is 43.0 Å². The molecule has 2 aromatic rings. The van der Waals surface area contributed by atoms with Crippen molar-refractivity contribution in [2.45, 2.75) is 31.8 Å². The van der Waals surface area contributed by atoms with Crippen molar-refractivity contribution in [3.05, 3.63) is 70.2 Å². The van der Waals surface area contributed by atoms with Crippen molar-refractivity contribution in [2.24, 2.45) is 0 Å². The van der Waals surface area contributed by atoms with E-state index in [9.17, 15) is 0 Å². The molecule has 0 aliphatic carbocycles. The summed E-state index contributed by atoms with van der Waals surface area (Å²) in [5.74, 6) is 0. The van der Waals surface area contributed by atoms with Crippen LogP contribution in [0.3, 0.4) is 0 Å². The van der Waals surface area contributed by atoms with E-state index in [2.05, 4.69) is 70.6 Å².